The lowest BCUT2D eigenvalue weighted by atomic mass is 9.99. The van der Waals surface area contributed by atoms with Crippen LogP contribution >= 0.6 is 0 Å². The first kappa shape index (κ1) is 17.2. The highest BCUT2D eigenvalue weighted by Crippen LogP contribution is 2.19. The fourth-order valence-electron chi connectivity index (χ4n) is 3.41. The SMILES string of the molecule is O=C(N[C@@H](CO)C(=O)N1CCc2ccccc2C1)c1ccc2nc[nH]c2c1. The molecule has 0 bridgehead atoms. The predicted molar refractivity (Wildman–Crippen MR) is 100.0 cm³/mol. The third kappa shape index (κ3) is 3.41. The zero-order valence-electron chi connectivity index (χ0n) is 14.7. The van der Waals surface area contributed by atoms with Crippen LogP contribution in [0.4, 0.5) is 0 Å². The summed E-state index contributed by atoms with van der Waals surface area (Å²) in [5.41, 5.74) is 4.24. The molecular weight excluding hydrogens is 344 g/mol. The second kappa shape index (κ2) is 7.20. The lowest BCUT2D eigenvalue weighted by Gasteiger charge is -2.31. The number of imidazole rings is 1. The van der Waals surface area contributed by atoms with Gasteiger partial charge in [-0.15, -0.1) is 0 Å². The van der Waals surface area contributed by atoms with Gasteiger partial charge >= 0.3 is 0 Å². The summed E-state index contributed by atoms with van der Waals surface area (Å²) in [5.74, 6) is -0.681. The number of benzene rings is 2. The number of hydrogen-bond donors (Lipinski definition) is 3. The first-order chi connectivity index (χ1) is 13.2. The van der Waals surface area contributed by atoms with Gasteiger partial charge < -0.3 is 20.3 Å². The number of nitrogens with one attached hydrogen (secondary N) is 2. The average molecular weight is 364 g/mol. The summed E-state index contributed by atoms with van der Waals surface area (Å²) in [4.78, 5) is 34.1. The van der Waals surface area contributed by atoms with Gasteiger partial charge in [-0.25, -0.2) is 4.98 Å². The Hall–Kier alpha value is -3.19. The second-order valence-electron chi connectivity index (χ2n) is 6.62. The van der Waals surface area contributed by atoms with Crippen molar-refractivity contribution in [3.05, 3.63) is 65.5 Å². The number of H-pyrrole nitrogens is 1. The van der Waals surface area contributed by atoms with Gasteiger partial charge in [0.15, 0.2) is 0 Å². The molecule has 2 aromatic carbocycles. The van der Waals surface area contributed by atoms with E-state index in [4.69, 9.17) is 0 Å². The molecule has 27 heavy (non-hydrogen) atoms. The second-order valence-corrected chi connectivity index (χ2v) is 6.62. The van der Waals surface area contributed by atoms with Crippen LogP contribution in [0.2, 0.25) is 0 Å². The number of fused-ring (bicyclic) bond motifs is 2. The Morgan fingerprint density at radius 2 is 2.04 bits per heavy atom. The third-order valence-electron chi connectivity index (χ3n) is 4.91. The molecule has 0 spiro atoms. The van der Waals surface area contributed by atoms with Gasteiger partial charge in [0.25, 0.3) is 5.91 Å². The molecule has 0 aliphatic carbocycles. The lowest BCUT2D eigenvalue weighted by molar-refractivity contribution is -0.135. The van der Waals surface area contributed by atoms with E-state index < -0.39 is 18.6 Å². The first-order valence-corrected chi connectivity index (χ1v) is 8.86. The molecule has 138 valence electrons. The number of nitrogens with zero attached hydrogens (tertiary/aromatic N) is 2. The highest BCUT2D eigenvalue weighted by Gasteiger charge is 2.28. The fourth-order valence-corrected chi connectivity index (χ4v) is 3.41. The summed E-state index contributed by atoms with van der Waals surface area (Å²) in [6, 6.07) is 12.1. The molecule has 0 saturated heterocycles. The number of carbonyl (C=O) groups excluding carboxylic acids is 2. The van der Waals surface area contributed by atoms with Crippen LogP contribution < -0.4 is 5.32 Å². The minimum atomic E-state index is -0.972. The molecule has 1 aliphatic heterocycles. The Balaban J connectivity index is 1.46. The molecule has 2 amide bonds. The number of rotatable bonds is 4. The van der Waals surface area contributed by atoms with Gasteiger partial charge in [-0.2, -0.15) is 0 Å². The van der Waals surface area contributed by atoms with Gasteiger partial charge in [0, 0.05) is 18.7 Å². The number of amides is 2. The van der Waals surface area contributed by atoms with Crippen LogP contribution in [0.5, 0.6) is 0 Å². The third-order valence-corrected chi connectivity index (χ3v) is 4.91. The molecule has 1 atom stereocenters. The van der Waals surface area contributed by atoms with Crippen LogP contribution in [0.15, 0.2) is 48.8 Å². The topological polar surface area (TPSA) is 98.3 Å². The van der Waals surface area contributed by atoms with Crippen LogP contribution in [0.3, 0.4) is 0 Å². The maximum Gasteiger partial charge on any atom is 0.252 e. The van der Waals surface area contributed by atoms with Crippen LogP contribution in [0.25, 0.3) is 11.0 Å². The molecule has 7 nitrogen and oxygen atoms in total. The predicted octanol–water partition coefficient (Wildman–Crippen LogP) is 1.24. The van der Waals surface area contributed by atoms with Gasteiger partial charge in [0.1, 0.15) is 6.04 Å². The summed E-state index contributed by atoms with van der Waals surface area (Å²) < 4.78 is 0. The molecule has 0 radical (unpaired) electrons. The maximum atomic E-state index is 12.8. The zero-order chi connectivity index (χ0) is 18.8. The molecular formula is C20H20N4O3. The normalized spacial score (nSPS) is 14.6. The zero-order valence-corrected chi connectivity index (χ0v) is 14.7. The molecule has 7 heteroatoms. The average Bonchev–Trinajstić information content (AvgIpc) is 3.18. The minimum absolute atomic E-state index is 0.275. The molecule has 0 saturated carbocycles. The molecule has 2 heterocycles. The number of aliphatic hydroxyl groups excluding tert-OH is 1. The van der Waals surface area contributed by atoms with Crippen LogP contribution in [0.1, 0.15) is 21.5 Å². The van der Waals surface area contributed by atoms with Crippen molar-refractivity contribution in [3.63, 3.8) is 0 Å². The molecule has 0 unspecified atom stereocenters. The Morgan fingerprint density at radius 3 is 2.85 bits per heavy atom. The van der Waals surface area contributed by atoms with Gasteiger partial charge in [-0.05, 0) is 35.7 Å². The number of aliphatic hydroxyl groups is 1. The Labute approximate surface area is 156 Å². The molecule has 3 N–H and O–H groups in total. The smallest absolute Gasteiger partial charge is 0.252 e. The Bertz CT molecular complexity index is 998. The van der Waals surface area contributed by atoms with E-state index in [1.54, 1.807) is 29.4 Å². The first-order valence-electron chi connectivity index (χ1n) is 8.86. The minimum Gasteiger partial charge on any atom is -0.394 e. The molecule has 1 aliphatic rings. The van der Waals surface area contributed by atoms with Crippen molar-refractivity contribution in [2.24, 2.45) is 0 Å². The maximum absolute atomic E-state index is 12.8. The van der Waals surface area contributed by atoms with E-state index in [1.165, 1.54) is 5.56 Å². The van der Waals surface area contributed by atoms with Gasteiger partial charge in [-0.3, -0.25) is 9.59 Å². The Morgan fingerprint density at radius 1 is 1.22 bits per heavy atom. The largest absolute Gasteiger partial charge is 0.394 e. The van der Waals surface area contributed by atoms with Gasteiger partial charge in [0.2, 0.25) is 5.91 Å². The molecule has 1 aromatic heterocycles. The number of aromatic amines is 1. The summed E-state index contributed by atoms with van der Waals surface area (Å²) in [6.07, 6.45) is 2.32. The quantitative estimate of drug-likeness (QED) is 0.649. The van der Waals surface area contributed by atoms with E-state index in [2.05, 4.69) is 21.4 Å². The van der Waals surface area contributed by atoms with Crippen LogP contribution in [0, 0.1) is 0 Å². The number of aromatic nitrogens is 2. The standard InChI is InChI=1S/C20H20N4O3/c25-11-18(20(27)24-8-7-13-3-1-2-4-15(13)10-24)23-19(26)14-5-6-16-17(9-14)22-12-21-16/h1-6,9,12,18,25H,7-8,10-11H2,(H,21,22)(H,23,26)/t18-/m0/s1. The lowest BCUT2D eigenvalue weighted by Crippen LogP contribution is -2.51. The highest BCUT2D eigenvalue weighted by molar-refractivity contribution is 5.99. The van der Waals surface area contributed by atoms with E-state index in [1.807, 2.05) is 18.2 Å². The number of carbonyl (C=O) groups is 2. The summed E-state index contributed by atoms with van der Waals surface area (Å²) >= 11 is 0. The van der Waals surface area contributed by atoms with Crippen molar-refractivity contribution in [1.29, 1.82) is 0 Å². The van der Waals surface area contributed by atoms with E-state index in [0.29, 0.717) is 18.7 Å². The van der Waals surface area contributed by atoms with Crippen molar-refractivity contribution < 1.29 is 14.7 Å². The number of hydrogen-bond acceptors (Lipinski definition) is 4. The molecule has 0 fully saturated rings. The summed E-state index contributed by atoms with van der Waals surface area (Å²) in [7, 11) is 0. The molecule has 4 rings (SSSR count). The van der Waals surface area contributed by atoms with Gasteiger partial charge in [0.05, 0.1) is 24.0 Å². The van der Waals surface area contributed by atoms with E-state index in [-0.39, 0.29) is 5.91 Å². The van der Waals surface area contributed by atoms with Crippen molar-refractivity contribution >= 4 is 22.8 Å². The van der Waals surface area contributed by atoms with Crippen molar-refractivity contribution in [3.8, 4) is 0 Å². The van der Waals surface area contributed by atoms with Crippen LogP contribution in [-0.4, -0.2) is 51.0 Å². The summed E-state index contributed by atoms with van der Waals surface area (Å²) in [5, 5.41) is 12.3. The fraction of sp³-hybridized carbons (Fsp3) is 0.250. The summed E-state index contributed by atoms with van der Waals surface area (Å²) in [6.45, 7) is 0.610. The van der Waals surface area contributed by atoms with E-state index in [9.17, 15) is 14.7 Å². The highest BCUT2D eigenvalue weighted by atomic mass is 16.3. The molecule has 3 aromatic rings. The van der Waals surface area contributed by atoms with Gasteiger partial charge in [-0.1, -0.05) is 24.3 Å². The van der Waals surface area contributed by atoms with Crippen LogP contribution in [-0.2, 0) is 17.8 Å². The van der Waals surface area contributed by atoms with Crippen molar-refractivity contribution in [1.82, 2.24) is 20.2 Å². The van der Waals surface area contributed by atoms with Crippen molar-refractivity contribution in [2.75, 3.05) is 13.2 Å². The van der Waals surface area contributed by atoms with E-state index >= 15 is 0 Å². The Kier molecular flexibility index (Phi) is 4.60. The van der Waals surface area contributed by atoms with E-state index in [0.717, 1.165) is 23.0 Å². The monoisotopic (exact) mass is 364 g/mol. The van der Waals surface area contributed by atoms with Crippen molar-refractivity contribution in [2.45, 2.75) is 19.0 Å².